The molecule has 0 fully saturated rings. The molecular weight excluding hydrogens is 272 g/mol. The van der Waals surface area contributed by atoms with Crippen LogP contribution in [0, 0.1) is 0 Å². The van der Waals surface area contributed by atoms with Crippen LogP contribution in [-0.4, -0.2) is 36.2 Å². The first-order chi connectivity index (χ1) is 9.99. The molecule has 116 valence electrons. The number of ether oxygens (including phenoxy) is 1. The van der Waals surface area contributed by atoms with E-state index in [0.717, 1.165) is 24.2 Å². The summed E-state index contributed by atoms with van der Waals surface area (Å²) in [6.07, 6.45) is 2.00. The van der Waals surface area contributed by atoms with Gasteiger partial charge in [0.05, 0.1) is 6.61 Å². The van der Waals surface area contributed by atoms with Gasteiger partial charge in [-0.05, 0) is 37.0 Å². The fourth-order valence-corrected chi connectivity index (χ4v) is 1.68. The molecule has 0 saturated carbocycles. The third-order valence-corrected chi connectivity index (χ3v) is 2.81. The smallest absolute Gasteiger partial charge is 0.320 e. The summed E-state index contributed by atoms with van der Waals surface area (Å²) in [4.78, 5) is 14.5. The Kier molecular flexibility index (Phi) is 7.03. The number of hydrogen-bond donors (Lipinski definition) is 4. The molecule has 0 amide bonds. The monoisotopic (exact) mass is 294 g/mol. The van der Waals surface area contributed by atoms with Crippen molar-refractivity contribution in [2.24, 2.45) is 22.2 Å². The molecule has 1 atom stereocenters. The fourth-order valence-electron chi connectivity index (χ4n) is 1.68. The van der Waals surface area contributed by atoms with Crippen molar-refractivity contribution in [2.75, 3.05) is 13.2 Å². The van der Waals surface area contributed by atoms with Crippen LogP contribution in [0.15, 0.2) is 29.3 Å². The number of carbonyl (C=O) groups is 1. The minimum atomic E-state index is -1.00. The van der Waals surface area contributed by atoms with Gasteiger partial charge in [0.1, 0.15) is 11.8 Å². The number of aliphatic imine (C=N–C) groups is 1. The topological polar surface area (TPSA) is 137 Å². The second kappa shape index (κ2) is 8.80. The highest BCUT2D eigenvalue weighted by atomic mass is 16.5. The molecule has 0 heterocycles. The molecule has 0 saturated heterocycles. The first kappa shape index (κ1) is 16.8. The first-order valence-corrected chi connectivity index (χ1v) is 6.74. The molecule has 0 spiro atoms. The lowest BCUT2D eigenvalue weighted by atomic mass is 10.1. The van der Waals surface area contributed by atoms with Crippen molar-refractivity contribution >= 4 is 11.9 Å². The van der Waals surface area contributed by atoms with Gasteiger partial charge in [-0.25, -0.2) is 0 Å². The van der Waals surface area contributed by atoms with Gasteiger partial charge in [0.15, 0.2) is 5.96 Å². The Hall–Kier alpha value is -2.28. The van der Waals surface area contributed by atoms with E-state index < -0.39 is 12.0 Å². The molecule has 0 aliphatic carbocycles. The average molecular weight is 294 g/mol. The summed E-state index contributed by atoms with van der Waals surface area (Å²) in [5, 5.41) is 8.74. The Balaban J connectivity index is 2.28. The van der Waals surface area contributed by atoms with Crippen molar-refractivity contribution in [2.45, 2.75) is 25.3 Å². The number of carboxylic acid groups (broad SMARTS) is 1. The predicted octanol–water partition coefficient (Wildman–Crippen LogP) is 0.0734. The van der Waals surface area contributed by atoms with E-state index in [9.17, 15) is 4.79 Å². The zero-order valence-electron chi connectivity index (χ0n) is 11.9. The van der Waals surface area contributed by atoms with Crippen LogP contribution in [0.1, 0.15) is 18.4 Å². The number of unbranched alkanes of at least 4 members (excludes halogenated alkanes) is 1. The standard InChI is InChI=1S/C14H22N4O3/c15-12(13(19)20)9-10-3-5-11(6-4-10)21-8-2-1-7-18-14(16)17/h3-6,12H,1-2,7-9,15H2,(H,19,20)(H4,16,17,18)/t12-/m0/s1. The summed E-state index contributed by atoms with van der Waals surface area (Å²) in [5.74, 6) is -0.160. The zero-order valence-corrected chi connectivity index (χ0v) is 11.9. The number of hydrogen-bond acceptors (Lipinski definition) is 4. The second-order valence-electron chi connectivity index (χ2n) is 4.65. The number of rotatable bonds is 9. The maximum Gasteiger partial charge on any atom is 0.320 e. The van der Waals surface area contributed by atoms with Gasteiger partial charge in [0, 0.05) is 6.54 Å². The minimum Gasteiger partial charge on any atom is -0.494 e. The lowest BCUT2D eigenvalue weighted by Crippen LogP contribution is -2.32. The quantitative estimate of drug-likeness (QED) is 0.289. The molecule has 0 aliphatic heterocycles. The molecule has 0 unspecified atom stereocenters. The Labute approximate surface area is 123 Å². The van der Waals surface area contributed by atoms with Crippen molar-refractivity contribution in [3.63, 3.8) is 0 Å². The maximum absolute atomic E-state index is 10.7. The number of carboxylic acids is 1. The summed E-state index contributed by atoms with van der Waals surface area (Å²) >= 11 is 0. The van der Waals surface area contributed by atoms with Gasteiger partial charge in [0.25, 0.3) is 0 Å². The first-order valence-electron chi connectivity index (χ1n) is 6.74. The van der Waals surface area contributed by atoms with Crippen LogP contribution in [-0.2, 0) is 11.2 Å². The second-order valence-corrected chi connectivity index (χ2v) is 4.65. The third-order valence-electron chi connectivity index (χ3n) is 2.81. The van der Waals surface area contributed by atoms with E-state index in [2.05, 4.69) is 4.99 Å². The molecular formula is C14H22N4O3. The van der Waals surface area contributed by atoms with Crippen LogP contribution in [0.5, 0.6) is 5.75 Å². The number of nitrogens with two attached hydrogens (primary N) is 3. The van der Waals surface area contributed by atoms with E-state index in [1.165, 1.54) is 0 Å². The summed E-state index contributed by atoms with van der Waals surface area (Å²) in [7, 11) is 0. The van der Waals surface area contributed by atoms with Gasteiger partial charge in [-0.2, -0.15) is 0 Å². The van der Waals surface area contributed by atoms with E-state index in [1.54, 1.807) is 12.1 Å². The third kappa shape index (κ3) is 7.17. The van der Waals surface area contributed by atoms with E-state index >= 15 is 0 Å². The van der Waals surface area contributed by atoms with Crippen LogP contribution in [0.2, 0.25) is 0 Å². The molecule has 7 heteroatoms. The van der Waals surface area contributed by atoms with E-state index in [1.807, 2.05) is 12.1 Å². The lowest BCUT2D eigenvalue weighted by molar-refractivity contribution is -0.138. The van der Waals surface area contributed by atoms with Gasteiger partial charge in [-0.15, -0.1) is 0 Å². The molecule has 1 rings (SSSR count). The molecule has 1 aromatic rings. The van der Waals surface area contributed by atoms with Crippen LogP contribution in [0.25, 0.3) is 0 Å². The Morgan fingerprint density at radius 2 is 1.90 bits per heavy atom. The highest BCUT2D eigenvalue weighted by Crippen LogP contribution is 2.13. The maximum atomic E-state index is 10.7. The van der Waals surface area contributed by atoms with Crippen molar-refractivity contribution in [3.8, 4) is 5.75 Å². The largest absolute Gasteiger partial charge is 0.494 e. The highest BCUT2D eigenvalue weighted by molar-refractivity contribution is 5.75. The van der Waals surface area contributed by atoms with Crippen molar-refractivity contribution in [1.29, 1.82) is 0 Å². The van der Waals surface area contributed by atoms with Gasteiger partial charge in [-0.3, -0.25) is 9.79 Å². The van der Waals surface area contributed by atoms with Crippen molar-refractivity contribution in [3.05, 3.63) is 29.8 Å². The molecule has 7 nitrogen and oxygen atoms in total. The summed E-state index contributed by atoms with van der Waals surface area (Å²) < 4.78 is 5.56. The van der Waals surface area contributed by atoms with Gasteiger partial charge >= 0.3 is 5.97 Å². The molecule has 1 aromatic carbocycles. The molecule has 7 N–H and O–H groups in total. The molecule has 0 aliphatic rings. The highest BCUT2D eigenvalue weighted by Gasteiger charge is 2.11. The average Bonchev–Trinajstić information content (AvgIpc) is 2.44. The molecule has 0 radical (unpaired) electrons. The van der Waals surface area contributed by atoms with Crippen LogP contribution < -0.4 is 21.9 Å². The normalized spacial score (nSPS) is 11.7. The Morgan fingerprint density at radius 3 is 2.48 bits per heavy atom. The van der Waals surface area contributed by atoms with Gasteiger partial charge in [0.2, 0.25) is 0 Å². The lowest BCUT2D eigenvalue weighted by Gasteiger charge is -2.08. The molecule has 0 aromatic heterocycles. The number of nitrogens with zero attached hydrogens (tertiary/aromatic N) is 1. The van der Waals surface area contributed by atoms with Crippen LogP contribution in [0.4, 0.5) is 0 Å². The van der Waals surface area contributed by atoms with E-state index in [4.69, 9.17) is 27.0 Å². The SMILES string of the molecule is NC(N)=NCCCCOc1ccc(C[C@H](N)C(=O)O)cc1. The van der Waals surface area contributed by atoms with Gasteiger partial charge in [-0.1, -0.05) is 12.1 Å². The number of guanidine groups is 1. The zero-order chi connectivity index (χ0) is 15.7. The number of aliphatic carboxylic acids is 1. The predicted molar refractivity (Wildman–Crippen MR) is 81.2 cm³/mol. The van der Waals surface area contributed by atoms with Crippen molar-refractivity contribution < 1.29 is 14.6 Å². The fraction of sp³-hybridized carbons (Fsp3) is 0.429. The van der Waals surface area contributed by atoms with Crippen molar-refractivity contribution in [1.82, 2.24) is 0 Å². The minimum absolute atomic E-state index is 0.103. The summed E-state index contributed by atoms with van der Waals surface area (Å²) in [6.45, 7) is 1.17. The molecule has 0 bridgehead atoms. The van der Waals surface area contributed by atoms with Crippen LogP contribution in [0.3, 0.4) is 0 Å². The van der Waals surface area contributed by atoms with Crippen LogP contribution >= 0.6 is 0 Å². The Morgan fingerprint density at radius 1 is 1.24 bits per heavy atom. The van der Waals surface area contributed by atoms with Gasteiger partial charge < -0.3 is 27.0 Å². The van der Waals surface area contributed by atoms with E-state index in [0.29, 0.717) is 19.6 Å². The number of benzene rings is 1. The summed E-state index contributed by atoms with van der Waals surface area (Å²) in [5.41, 5.74) is 16.8. The summed E-state index contributed by atoms with van der Waals surface area (Å²) in [6, 6.07) is 6.36. The van der Waals surface area contributed by atoms with E-state index in [-0.39, 0.29) is 5.96 Å². The molecule has 21 heavy (non-hydrogen) atoms. The Bertz CT molecular complexity index is 470.